The van der Waals surface area contributed by atoms with E-state index < -0.39 is 0 Å². The molecule has 0 saturated heterocycles. The Labute approximate surface area is 88.4 Å². The number of hydrogen-bond donors (Lipinski definition) is 2. The molecule has 3 nitrogen and oxygen atoms in total. The number of nitrogens with two attached hydrogens (primary N) is 1. The summed E-state index contributed by atoms with van der Waals surface area (Å²) >= 11 is 0. The van der Waals surface area contributed by atoms with E-state index in [9.17, 15) is 0 Å². The highest BCUT2D eigenvalue weighted by molar-refractivity contribution is 4.67. The molecule has 3 heteroatoms. The molecular weight excluding hydrogens is 176 g/mol. The second kappa shape index (κ2) is 9.44. The molecule has 0 amide bonds. The van der Waals surface area contributed by atoms with Crippen molar-refractivity contribution in [1.29, 1.82) is 0 Å². The van der Waals surface area contributed by atoms with Crippen molar-refractivity contribution in [3.8, 4) is 0 Å². The van der Waals surface area contributed by atoms with Crippen LogP contribution < -0.4 is 11.3 Å². The van der Waals surface area contributed by atoms with Crippen LogP contribution >= 0.6 is 0 Å². The normalized spacial score (nSPS) is 15.4. The lowest BCUT2D eigenvalue weighted by molar-refractivity contribution is 0.0989. The minimum absolute atomic E-state index is 0.294. The zero-order valence-electron chi connectivity index (χ0n) is 9.88. The third-order valence-electron chi connectivity index (χ3n) is 2.66. The topological polar surface area (TPSA) is 47.3 Å². The molecule has 0 aromatic heterocycles. The van der Waals surface area contributed by atoms with E-state index in [0.29, 0.717) is 12.1 Å². The molecule has 3 N–H and O–H groups in total. The third-order valence-corrected chi connectivity index (χ3v) is 2.66. The Morgan fingerprint density at radius 3 is 2.50 bits per heavy atom. The largest absolute Gasteiger partial charge is 0.382 e. The van der Waals surface area contributed by atoms with Crippen LogP contribution in [0.3, 0.4) is 0 Å². The van der Waals surface area contributed by atoms with Gasteiger partial charge < -0.3 is 4.74 Å². The van der Waals surface area contributed by atoms with Crippen LogP contribution in [0, 0.1) is 0 Å². The van der Waals surface area contributed by atoms with Crippen LogP contribution in [0.1, 0.15) is 52.4 Å². The van der Waals surface area contributed by atoms with E-state index in [1.165, 1.54) is 25.7 Å². The molecule has 0 radical (unpaired) electrons. The lowest BCUT2D eigenvalue weighted by Gasteiger charge is -2.19. The van der Waals surface area contributed by atoms with E-state index in [4.69, 9.17) is 10.6 Å². The first-order valence-corrected chi connectivity index (χ1v) is 5.73. The van der Waals surface area contributed by atoms with Crippen LogP contribution in [0.2, 0.25) is 0 Å². The maximum atomic E-state index is 5.48. The van der Waals surface area contributed by atoms with E-state index in [-0.39, 0.29) is 0 Å². The van der Waals surface area contributed by atoms with Crippen molar-refractivity contribution < 1.29 is 4.74 Å². The molecule has 0 aromatic rings. The van der Waals surface area contributed by atoms with Crippen LogP contribution in [0.15, 0.2) is 0 Å². The average Bonchev–Trinajstić information content (AvgIpc) is 2.22. The monoisotopic (exact) mass is 202 g/mol. The average molecular weight is 202 g/mol. The van der Waals surface area contributed by atoms with Gasteiger partial charge in [0.05, 0.1) is 6.10 Å². The zero-order chi connectivity index (χ0) is 10.8. The summed E-state index contributed by atoms with van der Waals surface area (Å²) in [7, 11) is 1.75. The van der Waals surface area contributed by atoms with Crippen LogP contribution in [0.5, 0.6) is 0 Å². The molecule has 0 fully saturated rings. The van der Waals surface area contributed by atoms with Crippen molar-refractivity contribution in [3.63, 3.8) is 0 Å². The van der Waals surface area contributed by atoms with Gasteiger partial charge in [0.15, 0.2) is 0 Å². The van der Waals surface area contributed by atoms with Gasteiger partial charge in [0, 0.05) is 13.2 Å². The van der Waals surface area contributed by atoms with E-state index in [1.54, 1.807) is 7.11 Å². The molecule has 0 aliphatic carbocycles. The van der Waals surface area contributed by atoms with E-state index in [0.717, 1.165) is 12.8 Å². The minimum atomic E-state index is 0.294. The number of ether oxygens (including phenoxy) is 1. The number of hydrazine groups is 1. The molecule has 0 aromatic carbocycles. The number of rotatable bonds is 9. The Kier molecular flexibility index (Phi) is 9.35. The Bertz CT molecular complexity index is 120. The summed E-state index contributed by atoms with van der Waals surface area (Å²) in [5.41, 5.74) is 2.86. The third kappa shape index (κ3) is 7.30. The Morgan fingerprint density at radius 1 is 1.29 bits per heavy atom. The van der Waals surface area contributed by atoms with Gasteiger partial charge in [-0.2, -0.15) is 0 Å². The molecule has 2 unspecified atom stereocenters. The fourth-order valence-corrected chi connectivity index (χ4v) is 1.58. The molecule has 0 spiro atoms. The van der Waals surface area contributed by atoms with Crippen molar-refractivity contribution in [2.75, 3.05) is 7.11 Å². The second-order valence-electron chi connectivity index (χ2n) is 3.99. The summed E-state index contributed by atoms with van der Waals surface area (Å²) in [6.07, 6.45) is 7.65. The van der Waals surface area contributed by atoms with Gasteiger partial charge in [-0.1, -0.05) is 32.6 Å². The highest BCUT2D eigenvalue weighted by Gasteiger charge is 2.10. The molecule has 14 heavy (non-hydrogen) atoms. The molecule has 0 heterocycles. The van der Waals surface area contributed by atoms with Gasteiger partial charge in [-0.15, -0.1) is 0 Å². The predicted molar refractivity (Wildman–Crippen MR) is 61.0 cm³/mol. The summed E-state index contributed by atoms with van der Waals surface area (Å²) in [6.45, 7) is 4.31. The minimum Gasteiger partial charge on any atom is -0.382 e. The summed E-state index contributed by atoms with van der Waals surface area (Å²) in [6, 6.07) is 0.404. The van der Waals surface area contributed by atoms with Gasteiger partial charge >= 0.3 is 0 Å². The lowest BCUT2D eigenvalue weighted by Crippen LogP contribution is -2.37. The van der Waals surface area contributed by atoms with Crippen molar-refractivity contribution in [2.45, 2.75) is 64.5 Å². The number of methoxy groups -OCH3 is 1. The molecular formula is C11H26N2O. The fourth-order valence-electron chi connectivity index (χ4n) is 1.58. The van der Waals surface area contributed by atoms with Gasteiger partial charge in [-0.25, -0.2) is 0 Å². The van der Waals surface area contributed by atoms with E-state index in [1.807, 2.05) is 0 Å². The van der Waals surface area contributed by atoms with Crippen molar-refractivity contribution in [1.82, 2.24) is 5.43 Å². The standard InChI is InChI=1S/C11H26N2O/c1-4-5-6-7-8-11(13-12)9-10(2)14-3/h10-11,13H,4-9,12H2,1-3H3. The van der Waals surface area contributed by atoms with Gasteiger partial charge in [0.1, 0.15) is 0 Å². The molecule has 0 rings (SSSR count). The van der Waals surface area contributed by atoms with Gasteiger partial charge in [0.25, 0.3) is 0 Å². The van der Waals surface area contributed by atoms with Crippen LogP contribution in [-0.2, 0) is 4.74 Å². The molecule has 2 atom stereocenters. The molecule has 0 bridgehead atoms. The quantitative estimate of drug-likeness (QED) is 0.342. The predicted octanol–water partition coefficient (Wildman–Crippen LogP) is 2.21. The van der Waals surface area contributed by atoms with Gasteiger partial charge in [-0.3, -0.25) is 11.3 Å². The summed E-state index contributed by atoms with van der Waals surface area (Å²) < 4.78 is 5.21. The van der Waals surface area contributed by atoms with Crippen molar-refractivity contribution >= 4 is 0 Å². The molecule has 0 saturated carbocycles. The number of nitrogens with one attached hydrogen (secondary N) is 1. The Balaban J connectivity index is 3.47. The lowest BCUT2D eigenvalue weighted by atomic mass is 10.0. The van der Waals surface area contributed by atoms with Crippen LogP contribution in [-0.4, -0.2) is 19.3 Å². The first kappa shape index (κ1) is 13.9. The van der Waals surface area contributed by atoms with Crippen molar-refractivity contribution in [3.05, 3.63) is 0 Å². The maximum absolute atomic E-state index is 5.48. The zero-order valence-corrected chi connectivity index (χ0v) is 9.88. The highest BCUT2D eigenvalue weighted by atomic mass is 16.5. The molecule has 86 valence electrons. The first-order valence-electron chi connectivity index (χ1n) is 5.73. The van der Waals surface area contributed by atoms with Crippen LogP contribution in [0.4, 0.5) is 0 Å². The highest BCUT2D eigenvalue weighted by Crippen LogP contribution is 2.10. The second-order valence-corrected chi connectivity index (χ2v) is 3.99. The number of hydrogen-bond acceptors (Lipinski definition) is 3. The van der Waals surface area contributed by atoms with E-state index >= 15 is 0 Å². The molecule has 0 aliphatic rings. The maximum Gasteiger partial charge on any atom is 0.0558 e. The fraction of sp³-hybridized carbons (Fsp3) is 1.00. The SMILES string of the molecule is CCCCCCC(CC(C)OC)NN. The van der Waals surface area contributed by atoms with E-state index in [2.05, 4.69) is 19.3 Å². The van der Waals surface area contributed by atoms with Crippen LogP contribution in [0.25, 0.3) is 0 Å². The number of unbranched alkanes of at least 4 members (excludes halogenated alkanes) is 3. The summed E-state index contributed by atoms with van der Waals surface area (Å²) in [5.74, 6) is 5.48. The first-order chi connectivity index (χ1) is 6.74. The van der Waals surface area contributed by atoms with Crippen molar-refractivity contribution in [2.24, 2.45) is 5.84 Å². The van der Waals surface area contributed by atoms with Gasteiger partial charge in [-0.05, 0) is 19.8 Å². The van der Waals surface area contributed by atoms with Gasteiger partial charge in [0.2, 0.25) is 0 Å². The Morgan fingerprint density at radius 2 is 2.00 bits per heavy atom. The smallest absolute Gasteiger partial charge is 0.0558 e. The summed E-state index contributed by atoms with van der Waals surface area (Å²) in [5, 5.41) is 0. The Hall–Kier alpha value is -0.120. The molecule has 0 aliphatic heterocycles. The summed E-state index contributed by atoms with van der Waals surface area (Å²) in [4.78, 5) is 0.